The van der Waals surface area contributed by atoms with Gasteiger partial charge in [0.05, 0.1) is 24.3 Å². The van der Waals surface area contributed by atoms with Gasteiger partial charge >= 0.3 is 0 Å². The Balaban J connectivity index is 1.86. The van der Waals surface area contributed by atoms with E-state index < -0.39 is 11.7 Å². The number of benzene rings is 1. The normalized spacial score (nSPS) is 20.4. The van der Waals surface area contributed by atoms with E-state index in [0.29, 0.717) is 24.1 Å². The molecule has 1 aliphatic rings. The molecule has 1 N–H and O–H groups in total. The van der Waals surface area contributed by atoms with E-state index in [1.165, 1.54) is 23.4 Å². The maximum atomic E-state index is 14.5. The number of methoxy groups -OCH3 is 1. The molecule has 24 heavy (non-hydrogen) atoms. The number of rotatable bonds is 4. The minimum absolute atomic E-state index is 0.0224. The number of hydrogen-bond acceptors (Lipinski definition) is 5. The third-order valence-corrected chi connectivity index (χ3v) is 4.27. The topological polar surface area (TPSA) is 75.6 Å². The van der Waals surface area contributed by atoms with Gasteiger partial charge < -0.3 is 14.7 Å². The highest BCUT2D eigenvalue weighted by molar-refractivity contribution is 5.95. The van der Waals surface area contributed by atoms with Crippen molar-refractivity contribution in [3.05, 3.63) is 48.3 Å². The second-order valence-corrected chi connectivity index (χ2v) is 5.71. The van der Waals surface area contributed by atoms with Crippen LogP contribution in [0.15, 0.2) is 36.9 Å². The van der Waals surface area contributed by atoms with Crippen LogP contribution >= 0.6 is 0 Å². The van der Waals surface area contributed by atoms with Gasteiger partial charge in [-0.25, -0.2) is 14.4 Å². The van der Waals surface area contributed by atoms with Gasteiger partial charge in [0.1, 0.15) is 12.1 Å². The summed E-state index contributed by atoms with van der Waals surface area (Å²) in [6, 6.07) is 4.05. The molecule has 0 spiro atoms. The molecule has 1 amide bonds. The van der Waals surface area contributed by atoms with Crippen LogP contribution in [0.5, 0.6) is 0 Å². The maximum absolute atomic E-state index is 14.5. The van der Waals surface area contributed by atoms with E-state index in [4.69, 9.17) is 4.74 Å². The van der Waals surface area contributed by atoms with Crippen LogP contribution in [0, 0.1) is 5.82 Å². The predicted octanol–water partition coefficient (Wildman–Crippen LogP) is 1.50. The molecule has 126 valence electrons. The van der Waals surface area contributed by atoms with E-state index in [2.05, 4.69) is 9.97 Å². The fourth-order valence-corrected chi connectivity index (χ4v) is 2.94. The van der Waals surface area contributed by atoms with Crippen LogP contribution in [-0.2, 0) is 4.74 Å². The largest absolute Gasteiger partial charge is 0.394 e. The average molecular weight is 331 g/mol. The number of aliphatic hydroxyl groups excluding tert-OH is 1. The molecule has 3 rings (SSSR count). The van der Waals surface area contributed by atoms with Crippen LogP contribution in [0.25, 0.3) is 11.1 Å². The molecule has 1 aromatic heterocycles. The number of carbonyl (C=O) groups is 1. The number of hydrogen-bond donors (Lipinski definition) is 1. The fraction of sp³-hybridized carbons (Fsp3) is 0.353. The van der Waals surface area contributed by atoms with E-state index in [-0.39, 0.29) is 24.3 Å². The predicted molar refractivity (Wildman–Crippen MR) is 84.8 cm³/mol. The molecule has 0 bridgehead atoms. The lowest BCUT2D eigenvalue weighted by atomic mass is 10.1. The van der Waals surface area contributed by atoms with Crippen molar-refractivity contribution in [2.75, 3.05) is 20.3 Å². The van der Waals surface area contributed by atoms with Crippen molar-refractivity contribution in [3.8, 4) is 11.1 Å². The average Bonchev–Trinajstić information content (AvgIpc) is 3.05. The third kappa shape index (κ3) is 3.13. The summed E-state index contributed by atoms with van der Waals surface area (Å²) in [6.07, 6.45) is 4.95. The lowest BCUT2D eigenvalue weighted by molar-refractivity contribution is 0.0643. The number of carbonyl (C=O) groups excluding carboxylic acids is 1. The fourth-order valence-electron chi connectivity index (χ4n) is 2.94. The molecule has 0 unspecified atom stereocenters. The second kappa shape index (κ2) is 7.02. The van der Waals surface area contributed by atoms with Crippen LogP contribution in [0.3, 0.4) is 0 Å². The van der Waals surface area contributed by atoms with Gasteiger partial charge in [0.15, 0.2) is 0 Å². The summed E-state index contributed by atoms with van der Waals surface area (Å²) in [5.41, 5.74) is 1.25. The number of ether oxygens (including phenoxy) is 1. The van der Waals surface area contributed by atoms with Crippen molar-refractivity contribution in [2.45, 2.75) is 18.6 Å². The van der Waals surface area contributed by atoms with E-state index in [1.807, 2.05) is 0 Å². The molecule has 6 nitrogen and oxygen atoms in total. The molecule has 2 atom stereocenters. The number of halogens is 1. The van der Waals surface area contributed by atoms with Crippen molar-refractivity contribution in [3.63, 3.8) is 0 Å². The molecule has 1 saturated heterocycles. The monoisotopic (exact) mass is 331 g/mol. The Morgan fingerprint density at radius 1 is 1.38 bits per heavy atom. The summed E-state index contributed by atoms with van der Waals surface area (Å²) < 4.78 is 19.7. The molecule has 1 aromatic carbocycles. The van der Waals surface area contributed by atoms with Gasteiger partial charge in [0.25, 0.3) is 5.91 Å². The first-order valence-corrected chi connectivity index (χ1v) is 7.63. The van der Waals surface area contributed by atoms with Crippen LogP contribution in [0.2, 0.25) is 0 Å². The third-order valence-electron chi connectivity index (χ3n) is 4.27. The van der Waals surface area contributed by atoms with Crippen molar-refractivity contribution >= 4 is 5.91 Å². The number of aliphatic hydroxyl groups is 1. The van der Waals surface area contributed by atoms with Crippen molar-refractivity contribution in [1.29, 1.82) is 0 Å². The standard InChI is InChI=1S/C17H18FN3O3/c1-24-14-5-13(9-22)21(8-14)17(23)15-3-2-11(4-16(15)18)12-6-19-10-20-7-12/h2-4,6-7,10,13-14,22H,5,8-9H2,1H3/t13-,14-/m0/s1. The SMILES string of the molecule is CO[C@H]1C[C@@H](CO)N(C(=O)c2ccc(-c3cncnc3)cc2F)C1. The molecular formula is C17H18FN3O3. The number of nitrogens with zero attached hydrogens (tertiary/aromatic N) is 3. The zero-order valence-electron chi connectivity index (χ0n) is 13.2. The minimum atomic E-state index is -0.612. The molecule has 1 aliphatic heterocycles. The van der Waals surface area contributed by atoms with Gasteiger partial charge in [-0.05, 0) is 24.1 Å². The highest BCUT2D eigenvalue weighted by atomic mass is 19.1. The van der Waals surface area contributed by atoms with Gasteiger partial charge in [-0.2, -0.15) is 0 Å². The first-order valence-electron chi connectivity index (χ1n) is 7.63. The van der Waals surface area contributed by atoms with E-state index in [9.17, 15) is 14.3 Å². The van der Waals surface area contributed by atoms with E-state index in [0.717, 1.165) is 0 Å². The molecular weight excluding hydrogens is 313 g/mol. The summed E-state index contributed by atoms with van der Waals surface area (Å²) in [4.78, 5) is 21.9. The summed E-state index contributed by atoms with van der Waals surface area (Å²) in [5.74, 6) is -1.05. The highest BCUT2D eigenvalue weighted by Crippen LogP contribution is 2.25. The van der Waals surface area contributed by atoms with Crippen LogP contribution < -0.4 is 0 Å². The van der Waals surface area contributed by atoms with Gasteiger partial charge in [-0.15, -0.1) is 0 Å². The summed E-state index contributed by atoms with van der Waals surface area (Å²) in [5, 5.41) is 9.45. The Morgan fingerprint density at radius 2 is 2.12 bits per heavy atom. The Hall–Kier alpha value is -2.38. The molecule has 0 saturated carbocycles. The van der Waals surface area contributed by atoms with Gasteiger partial charge in [0, 0.05) is 31.6 Å². The van der Waals surface area contributed by atoms with Gasteiger partial charge in [-0.1, -0.05) is 6.07 Å². The zero-order chi connectivity index (χ0) is 17.1. The van der Waals surface area contributed by atoms with Crippen LogP contribution in [0.4, 0.5) is 4.39 Å². The number of likely N-dealkylation sites (tertiary alicyclic amines) is 1. The van der Waals surface area contributed by atoms with Gasteiger partial charge in [-0.3, -0.25) is 4.79 Å². The second-order valence-electron chi connectivity index (χ2n) is 5.71. The number of amides is 1. The minimum Gasteiger partial charge on any atom is -0.394 e. The highest BCUT2D eigenvalue weighted by Gasteiger charge is 2.36. The lowest BCUT2D eigenvalue weighted by Gasteiger charge is -2.23. The van der Waals surface area contributed by atoms with Crippen LogP contribution in [-0.4, -0.2) is 58.3 Å². The summed E-state index contributed by atoms with van der Waals surface area (Å²) in [6.45, 7) is 0.168. The molecule has 2 aromatic rings. The van der Waals surface area contributed by atoms with E-state index >= 15 is 0 Å². The quantitative estimate of drug-likeness (QED) is 0.919. The molecule has 1 fully saturated rings. The van der Waals surface area contributed by atoms with Crippen molar-refractivity contribution < 1.29 is 19.0 Å². The smallest absolute Gasteiger partial charge is 0.257 e. The first kappa shape index (κ1) is 16.5. The Kier molecular flexibility index (Phi) is 4.82. The van der Waals surface area contributed by atoms with Crippen molar-refractivity contribution in [1.82, 2.24) is 14.9 Å². The van der Waals surface area contributed by atoms with Gasteiger partial charge in [0.2, 0.25) is 0 Å². The van der Waals surface area contributed by atoms with Crippen LogP contribution in [0.1, 0.15) is 16.8 Å². The molecule has 0 radical (unpaired) electrons. The molecule has 0 aliphatic carbocycles. The lowest BCUT2D eigenvalue weighted by Crippen LogP contribution is -2.38. The number of aromatic nitrogens is 2. The zero-order valence-corrected chi connectivity index (χ0v) is 13.2. The van der Waals surface area contributed by atoms with E-state index in [1.54, 1.807) is 25.6 Å². The summed E-state index contributed by atoms with van der Waals surface area (Å²) >= 11 is 0. The Labute approximate surface area is 138 Å². The van der Waals surface area contributed by atoms with Crippen molar-refractivity contribution in [2.24, 2.45) is 0 Å². The Morgan fingerprint density at radius 3 is 2.75 bits per heavy atom. The Bertz CT molecular complexity index is 726. The molecule has 2 heterocycles. The molecule has 7 heteroatoms. The maximum Gasteiger partial charge on any atom is 0.257 e. The first-order chi connectivity index (χ1) is 11.6. The summed E-state index contributed by atoms with van der Waals surface area (Å²) in [7, 11) is 1.56.